The van der Waals surface area contributed by atoms with Crippen LogP contribution in [0.1, 0.15) is 18.6 Å². The molecular formula is C15H14BrF2NO. The van der Waals surface area contributed by atoms with Crippen molar-refractivity contribution in [2.45, 2.75) is 19.1 Å². The lowest BCUT2D eigenvalue weighted by Gasteiger charge is -2.24. The van der Waals surface area contributed by atoms with Gasteiger partial charge in [0.25, 0.3) is 0 Å². The molecule has 0 spiro atoms. The van der Waals surface area contributed by atoms with Crippen LogP contribution in [-0.2, 0) is 0 Å². The molecule has 0 aromatic heterocycles. The molecule has 2 rings (SSSR count). The summed E-state index contributed by atoms with van der Waals surface area (Å²) in [5.74, 6) is -1.62. The Bertz CT molecular complexity index is 604. The van der Waals surface area contributed by atoms with E-state index in [1.165, 1.54) is 6.07 Å². The summed E-state index contributed by atoms with van der Waals surface area (Å²) in [4.78, 5) is 0. The first-order valence-electron chi connectivity index (χ1n) is 6.10. The van der Waals surface area contributed by atoms with Gasteiger partial charge in [-0.05, 0) is 25.1 Å². The molecule has 2 nitrogen and oxygen atoms in total. The second-order valence-electron chi connectivity index (χ2n) is 4.49. The van der Waals surface area contributed by atoms with Gasteiger partial charge in [-0.25, -0.2) is 8.78 Å². The number of ether oxygens (including phenoxy) is 1. The van der Waals surface area contributed by atoms with Crippen molar-refractivity contribution in [1.82, 2.24) is 0 Å². The van der Waals surface area contributed by atoms with Crippen molar-refractivity contribution >= 4 is 15.9 Å². The predicted molar refractivity (Wildman–Crippen MR) is 77.5 cm³/mol. The lowest BCUT2D eigenvalue weighted by atomic mass is 10.0. The standard InChI is InChI=1S/C15H14BrF2NO/c1-9(19)15(11-4-2-3-5-12(11)16)20-10-6-7-13(17)14(18)8-10/h2-9,15H,19H2,1H3. The van der Waals surface area contributed by atoms with Crippen LogP contribution in [0.5, 0.6) is 5.75 Å². The van der Waals surface area contributed by atoms with Gasteiger partial charge >= 0.3 is 0 Å². The van der Waals surface area contributed by atoms with E-state index in [0.717, 1.165) is 22.2 Å². The van der Waals surface area contributed by atoms with Gasteiger partial charge in [0.15, 0.2) is 11.6 Å². The quantitative estimate of drug-likeness (QED) is 0.904. The normalized spacial score (nSPS) is 13.8. The maximum atomic E-state index is 13.2. The molecule has 0 amide bonds. The van der Waals surface area contributed by atoms with Crippen LogP contribution in [0.3, 0.4) is 0 Å². The van der Waals surface area contributed by atoms with E-state index in [9.17, 15) is 8.78 Å². The van der Waals surface area contributed by atoms with E-state index in [1.807, 2.05) is 24.3 Å². The van der Waals surface area contributed by atoms with Crippen LogP contribution < -0.4 is 10.5 Å². The molecule has 2 atom stereocenters. The number of hydrogen-bond donors (Lipinski definition) is 1. The minimum Gasteiger partial charge on any atom is -0.484 e. The van der Waals surface area contributed by atoms with E-state index in [1.54, 1.807) is 6.92 Å². The van der Waals surface area contributed by atoms with E-state index < -0.39 is 17.7 Å². The van der Waals surface area contributed by atoms with Gasteiger partial charge in [-0.3, -0.25) is 0 Å². The molecule has 0 radical (unpaired) electrons. The summed E-state index contributed by atoms with van der Waals surface area (Å²) in [5, 5.41) is 0. The Labute approximate surface area is 124 Å². The molecule has 0 aliphatic carbocycles. The third kappa shape index (κ3) is 3.35. The first kappa shape index (κ1) is 14.9. The van der Waals surface area contributed by atoms with Gasteiger partial charge in [0, 0.05) is 22.1 Å². The molecule has 0 aliphatic rings. The Balaban J connectivity index is 2.31. The van der Waals surface area contributed by atoms with Crippen LogP contribution >= 0.6 is 15.9 Å². The van der Waals surface area contributed by atoms with E-state index in [4.69, 9.17) is 10.5 Å². The van der Waals surface area contributed by atoms with Crippen LogP contribution in [-0.4, -0.2) is 6.04 Å². The van der Waals surface area contributed by atoms with Crippen molar-refractivity contribution in [2.24, 2.45) is 5.73 Å². The van der Waals surface area contributed by atoms with Crippen molar-refractivity contribution < 1.29 is 13.5 Å². The molecule has 0 aliphatic heterocycles. The van der Waals surface area contributed by atoms with Crippen molar-refractivity contribution in [3.05, 3.63) is 64.1 Å². The number of nitrogens with two attached hydrogens (primary N) is 1. The summed E-state index contributed by atoms with van der Waals surface area (Å²) >= 11 is 3.44. The lowest BCUT2D eigenvalue weighted by Crippen LogP contribution is -2.29. The maximum Gasteiger partial charge on any atom is 0.162 e. The number of hydrogen-bond acceptors (Lipinski definition) is 2. The van der Waals surface area contributed by atoms with E-state index in [2.05, 4.69) is 15.9 Å². The van der Waals surface area contributed by atoms with Gasteiger partial charge in [-0.15, -0.1) is 0 Å². The summed E-state index contributed by atoms with van der Waals surface area (Å²) in [6.45, 7) is 1.80. The molecule has 0 saturated heterocycles. The number of benzene rings is 2. The Morgan fingerprint density at radius 1 is 1.10 bits per heavy atom. The molecule has 2 N–H and O–H groups in total. The van der Waals surface area contributed by atoms with Gasteiger partial charge in [-0.1, -0.05) is 34.1 Å². The highest BCUT2D eigenvalue weighted by molar-refractivity contribution is 9.10. The van der Waals surface area contributed by atoms with Crippen molar-refractivity contribution in [1.29, 1.82) is 0 Å². The van der Waals surface area contributed by atoms with Gasteiger partial charge < -0.3 is 10.5 Å². The van der Waals surface area contributed by atoms with Crippen LogP contribution in [0.15, 0.2) is 46.9 Å². The smallest absolute Gasteiger partial charge is 0.162 e. The maximum absolute atomic E-state index is 13.2. The highest BCUT2D eigenvalue weighted by atomic mass is 79.9. The average molecular weight is 342 g/mol. The molecule has 5 heteroatoms. The molecule has 0 heterocycles. The van der Waals surface area contributed by atoms with Gasteiger partial charge in [0.2, 0.25) is 0 Å². The molecule has 2 aromatic carbocycles. The Morgan fingerprint density at radius 3 is 2.40 bits per heavy atom. The Morgan fingerprint density at radius 2 is 1.80 bits per heavy atom. The first-order chi connectivity index (χ1) is 9.49. The average Bonchev–Trinajstić information content (AvgIpc) is 2.41. The SMILES string of the molecule is CC(N)C(Oc1ccc(F)c(F)c1)c1ccccc1Br. The van der Waals surface area contributed by atoms with Crippen LogP contribution in [0.2, 0.25) is 0 Å². The fourth-order valence-electron chi connectivity index (χ4n) is 1.86. The summed E-state index contributed by atoms with van der Waals surface area (Å²) in [7, 11) is 0. The fraction of sp³-hybridized carbons (Fsp3) is 0.200. The molecule has 0 fully saturated rings. The topological polar surface area (TPSA) is 35.2 Å². The molecule has 0 bridgehead atoms. The van der Waals surface area contributed by atoms with Crippen molar-refractivity contribution in [2.75, 3.05) is 0 Å². The monoisotopic (exact) mass is 341 g/mol. The Kier molecular flexibility index (Phi) is 4.73. The third-order valence-corrected chi connectivity index (χ3v) is 3.57. The third-order valence-electron chi connectivity index (χ3n) is 2.84. The van der Waals surface area contributed by atoms with Gasteiger partial charge in [-0.2, -0.15) is 0 Å². The number of rotatable bonds is 4. The van der Waals surface area contributed by atoms with E-state index >= 15 is 0 Å². The van der Waals surface area contributed by atoms with Crippen molar-refractivity contribution in [3.63, 3.8) is 0 Å². The zero-order valence-corrected chi connectivity index (χ0v) is 12.4. The van der Waals surface area contributed by atoms with Gasteiger partial charge in [0.05, 0.1) is 0 Å². The number of halogens is 3. The molecule has 2 unspecified atom stereocenters. The summed E-state index contributed by atoms with van der Waals surface area (Å²) in [5.41, 5.74) is 6.79. The summed E-state index contributed by atoms with van der Waals surface area (Å²) < 4.78 is 32.7. The molecule has 106 valence electrons. The predicted octanol–water partition coefficient (Wildman–Crippen LogP) is 4.19. The summed E-state index contributed by atoms with van der Waals surface area (Å²) in [6, 6.07) is 10.6. The van der Waals surface area contributed by atoms with E-state index in [0.29, 0.717) is 0 Å². The highest BCUT2D eigenvalue weighted by Gasteiger charge is 2.21. The van der Waals surface area contributed by atoms with Crippen molar-refractivity contribution in [3.8, 4) is 5.75 Å². The molecule has 0 saturated carbocycles. The van der Waals surface area contributed by atoms with Crippen LogP contribution in [0.25, 0.3) is 0 Å². The highest BCUT2D eigenvalue weighted by Crippen LogP contribution is 2.30. The Hall–Kier alpha value is -1.46. The lowest BCUT2D eigenvalue weighted by molar-refractivity contribution is 0.178. The fourth-order valence-corrected chi connectivity index (χ4v) is 2.37. The second kappa shape index (κ2) is 6.33. The van der Waals surface area contributed by atoms with Gasteiger partial charge in [0.1, 0.15) is 11.9 Å². The largest absolute Gasteiger partial charge is 0.484 e. The van der Waals surface area contributed by atoms with Crippen LogP contribution in [0, 0.1) is 11.6 Å². The first-order valence-corrected chi connectivity index (χ1v) is 6.90. The minimum atomic E-state index is -0.946. The van der Waals surface area contributed by atoms with E-state index in [-0.39, 0.29) is 11.8 Å². The minimum absolute atomic E-state index is 0.238. The second-order valence-corrected chi connectivity index (χ2v) is 5.35. The zero-order chi connectivity index (χ0) is 14.7. The molecular weight excluding hydrogens is 328 g/mol. The summed E-state index contributed by atoms with van der Waals surface area (Å²) in [6.07, 6.45) is -0.463. The molecule has 2 aromatic rings. The molecule has 20 heavy (non-hydrogen) atoms. The van der Waals surface area contributed by atoms with Crippen LogP contribution in [0.4, 0.5) is 8.78 Å². The zero-order valence-electron chi connectivity index (χ0n) is 10.8.